The molecule has 0 aliphatic heterocycles. The Morgan fingerprint density at radius 3 is 1.93 bits per heavy atom. The summed E-state index contributed by atoms with van der Waals surface area (Å²) in [5, 5.41) is 21.2. The number of hydrogen-bond acceptors (Lipinski definition) is 4. The summed E-state index contributed by atoms with van der Waals surface area (Å²) in [4.78, 5) is 0. The van der Waals surface area contributed by atoms with Crippen molar-refractivity contribution in [1.29, 1.82) is 0 Å². The maximum absolute atomic E-state index is 12.9. The van der Waals surface area contributed by atoms with Gasteiger partial charge in [0.15, 0.2) is 4.75 Å². The molecule has 0 radical (unpaired) electrons. The second-order valence-electron chi connectivity index (χ2n) is 6.08. The van der Waals surface area contributed by atoms with E-state index in [1.807, 2.05) is 0 Å². The fraction of sp³-hybridized carbons (Fsp3) is 0.0526. The van der Waals surface area contributed by atoms with Crippen molar-refractivity contribution in [3.63, 3.8) is 0 Å². The lowest BCUT2D eigenvalue weighted by atomic mass is 9.83. The summed E-state index contributed by atoms with van der Waals surface area (Å²) >= 11 is 24.0. The molecule has 3 N–H and O–H groups in total. The van der Waals surface area contributed by atoms with Crippen LogP contribution in [-0.4, -0.2) is 23.2 Å². The van der Waals surface area contributed by atoms with Gasteiger partial charge in [0.05, 0.1) is 15.1 Å². The molecule has 1 unspecified atom stereocenters. The van der Waals surface area contributed by atoms with E-state index in [-0.39, 0.29) is 31.8 Å². The first kappa shape index (κ1) is 22.0. The first-order valence-corrected chi connectivity index (χ1v) is 10.8. The minimum atomic E-state index is -5.11. The van der Waals surface area contributed by atoms with Crippen LogP contribution >= 0.6 is 46.4 Å². The van der Waals surface area contributed by atoms with Crippen LogP contribution < -0.4 is 0 Å². The highest BCUT2D eigenvalue weighted by Crippen LogP contribution is 2.52. The summed E-state index contributed by atoms with van der Waals surface area (Å²) in [5.41, 5.74) is -0.673. The summed E-state index contributed by atoms with van der Waals surface area (Å²) in [6.07, 6.45) is 0. The van der Waals surface area contributed by atoms with E-state index in [1.54, 1.807) is 0 Å². The molecule has 5 nitrogen and oxygen atoms in total. The lowest BCUT2D eigenvalue weighted by Crippen LogP contribution is -2.38. The maximum atomic E-state index is 12.9. The van der Waals surface area contributed by atoms with Crippen molar-refractivity contribution in [3.8, 4) is 11.5 Å². The van der Waals surface area contributed by atoms with E-state index < -0.39 is 26.4 Å². The third kappa shape index (κ3) is 3.65. The standard InChI is InChI=1S/C19H12Cl4O5S/c20-11-6-4-10(5-7-11)19(29(26,27)28,12-2-1-3-14(21)18(12)25)13-8-15(22)16(23)9-17(13)24/h1-9,24-25H,(H,26,27,28). The van der Waals surface area contributed by atoms with Gasteiger partial charge < -0.3 is 10.2 Å². The van der Waals surface area contributed by atoms with Gasteiger partial charge in [-0.3, -0.25) is 4.55 Å². The number of phenols is 2. The van der Waals surface area contributed by atoms with E-state index in [2.05, 4.69) is 0 Å². The molecule has 3 aromatic rings. The Balaban J connectivity index is 2.61. The fourth-order valence-corrected chi connectivity index (χ4v) is 5.13. The number of benzene rings is 3. The quantitative estimate of drug-likeness (QED) is 0.311. The third-order valence-corrected chi connectivity index (χ3v) is 7.15. The summed E-state index contributed by atoms with van der Waals surface area (Å²) in [6.45, 7) is 0. The highest BCUT2D eigenvalue weighted by atomic mass is 35.5. The molecule has 0 saturated heterocycles. The first-order chi connectivity index (χ1) is 13.5. The van der Waals surface area contributed by atoms with E-state index >= 15 is 0 Å². The van der Waals surface area contributed by atoms with Crippen LogP contribution in [0, 0.1) is 0 Å². The van der Waals surface area contributed by atoms with Crippen LogP contribution in [0.25, 0.3) is 0 Å². The normalized spacial score (nSPS) is 13.8. The minimum absolute atomic E-state index is 0.0318. The van der Waals surface area contributed by atoms with Gasteiger partial charge in [-0.25, -0.2) is 0 Å². The van der Waals surface area contributed by atoms with Gasteiger partial charge in [-0.1, -0.05) is 70.7 Å². The van der Waals surface area contributed by atoms with Crippen molar-refractivity contribution in [1.82, 2.24) is 0 Å². The Bertz CT molecular complexity index is 1200. The molecule has 3 rings (SSSR count). The number of rotatable bonds is 4. The average molecular weight is 494 g/mol. The zero-order chi connectivity index (χ0) is 21.6. The fourth-order valence-electron chi connectivity index (χ4n) is 3.19. The molecule has 0 aliphatic rings. The molecule has 0 fully saturated rings. The minimum Gasteiger partial charge on any atom is -0.508 e. The topological polar surface area (TPSA) is 94.8 Å². The van der Waals surface area contributed by atoms with Crippen molar-refractivity contribution >= 4 is 56.5 Å². The molecule has 0 bridgehead atoms. The number of hydrogen-bond donors (Lipinski definition) is 3. The summed E-state index contributed by atoms with van der Waals surface area (Å²) in [5.74, 6) is -1.18. The third-order valence-electron chi connectivity index (χ3n) is 4.42. The van der Waals surface area contributed by atoms with Crippen molar-refractivity contribution in [2.45, 2.75) is 4.75 Å². The summed E-state index contributed by atoms with van der Waals surface area (Å²) < 4.78 is 33.8. The van der Waals surface area contributed by atoms with E-state index in [0.29, 0.717) is 5.02 Å². The van der Waals surface area contributed by atoms with E-state index in [4.69, 9.17) is 46.4 Å². The Kier molecular flexibility index (Phi) is 5.98. The molecule has 0 spiro atoms. The molecule has 0 heterocycles. The predicted molar refractivity (Wildman–Crippen MR) is 114 cm³/mol. The van der Waals surface area contributed by atoms with E-state index in [0.717, 1.165) is 12.1 Å². The highest BCUT2D eigenvalue weighted by molar-refractivity contribution is 7.87. The van der Waals surface area contributed by atoms with Gasteiger partial charge in [-0.15, -0.1) is 0 Å². The zero-order valence-electron chi connectivity index (χ0n) is 14.3. The molecule has 29 heavy (non-hydrogen) atoms. The molecule has 0 saturated carbocycles. The van der Waals surface area contributed by atoms with E-state index in [1.165, 1.54) is 42.5 Å². The molecular weight excluding hydrogens is 482 g/mol. The zero-order valence-corrected chi connectivity index (χ0v) is 18.1. The lowest BCUT2D eigenvalue weighted by molar-refractivity contribution is 0.428. The first-order valence-electron chi connectivity index (χ1n) is 7.89. The van der Waals surface area contributed by atoms with Gasteiger partial charge >= 0.3 is 0 Å². The highest BCUT2D eigenvalue weighted by Gasteiger charge is 2.52. The molecule has 152 valence electrons. The monoisotopic (exact) mass is 492 g/mol. The van der Waals surface area contributed by atoms with Crippen molar-refractivity contribution < 1.29 is 23.2 Å². The van der Waals surface area contributed by atoms with Gasteiger partial charge in [-0.2, -0.15) is 8.42 Å². The van der Waals surface area contributed by atoms with Gasteiger partial charge in [0.1, 0.15) is 11.5 Å². The van der Waals surface area contributed by atoms with Gasteiger partial charge in [-0.05, 0) is 29.8 Å². The van der Waals surface area contributed by atoms with Crippen LogP contribution in [0.3, 0.4) is 0 Å². The van der Waals surface area contributed by atoms with Crippen LogP contribution in [-0.2, 0) is 14.9 Å². The molecule has 1 atom stereocenters. The van der Waals surface area contributed by atoms with Crippen LogP contribution in [0.5, 0.6) is 11.5 Å². The molecular formula is C19H12Cl4O5S. The van der Waals surface area contributed by atoms with Crippen LogP contribution in [0.1, 0.15) is 16.7 Å². The van der Waals surface area contributed by atoms with Crippen LogP contribution in [0.2, 0.25) is 20.1 Å². The van der Waals surface area contributed by atoms with Gasteiger partial charge in [0, 0.05) is 22.2 Å². The van der Waals surface area contributed by atoms with Crippen LogP contribution in [0.15, 0.2) is 54.6 Å². The summed E-state index contributed by atoms with van der Waals surface area (Å²) in [6, 6.07) is 11.6. The molecule has 0 aromatic heterocycles. The predicted octanol–water partition coefficient (Wildman–Crippen LogP) is 5.89. The molecule has 0 amide bonds. The number of para-hydroxylation sites is 1. The average Bonchev–Trinajstić information content (AvgIpc) is 2.63. The Morgan fingerprint density at radius 1 is 0.759 bits per heavy atom. The largest absolute Gasteiger partial charge is 0.508 e. The van der Waals surface area contributed by atoms with Crippen molar-refractivity contribution in [2.24, 2.45) is 0 Å². The molecule has 0 aliphatic carbocycles. The second kappa shape index (κ2) is 7.87. The summed E-state index contributed by atoms with van der Waals surface area (Å²) in [7, 11) is -5.11. The number of phenolic OH excluding ortho intramolecular Hbond substituents is 2. The van der Waals surface area contributed by atoms with Gasteiger partial charge in [0.25, 0.3) is 10.1 Å². The maximum Gasteiger partial charge on any atom is 0.283 e. The smallest absolute Gasteiger partial charge is 0.283 e. The van der Waals surface area contributed by atoms with Gasteiger partial charge in [0.2, 0.25) is 0 Å². The van der Waals surface area contributed by atoms with Crippen molar-refractivity contribution in [3.05, 3.63) is 91.4 Å². The SMILES string of the molecule is O=S(=O)(O)C(c1ccc(Cl)cc1)(c1cc(Cl)c(Cl)cc1O)c1cccc(Cl)c1O. The lowest BCUT2D eigenvalue weighted by Gasteiger charge is -2.33. The van der Waals surface area contributed by atoms with Crippen molar-refractivity contribution in [2.75, 3.05) is 0 Å². The number of aromatic hydroxyl groups is 2. The number of halogens is 4. The Morgan fingerprint density at radius 2 is 1.34 bits per heavy atom. The molecule has 3 aromatic carbocycles. The Labute approximate surface area is 186 Å². The molecule has 10 heteroatoms. The van der Waals surface area contributed by atoms with Crippen LogP contribution in [0.4, 0.5) is 0 Å². The van der Waals surface area contributed by atoms with E-state index in [9.17, 15) is 23.2 Å². The second-order valence-corrected chi connectivity index (χ2v) is 9.30. The Hall–Kier alpha value is -1.67.